The van der Waals surface area contributed by atoms with Crippen LogP contribution in [0.15, 0.2) is 6.20 Å². The van der Waals surface area contributed by atoms with Crippen LogP contribution in [0.2, 0.25) is 0 Å². The third kappa shape index (κ3) is 1.85. The molecule has 0 aromatic carbocycles. The van der Waals surface area contributed by atoms with Gasteiger partial charge >= 0.3 is 0 Å². The van der Waals surface area contributed by atoms with E-state index in [1.807, 2.05) is 0 Å². The molecule has 0 aliphatic rings. The Morgan fingerprint density at radius 1 is 1.62 bits per heavy atom. The van der Waals surface area contributed by atoms with Gasteiger partial charge in [0.05, 0.1) is 11.4 Å². The summed E-state index contributed by atoms with van der Waals surface area (Å²) in [5.74, 6) is -0.297. The van der Waals surface area contributed by atoms with Crippen LogP contribution in [0.4, 0.5) is 11.6 Å². The zero-order chi connectivity index (χ0) is 11.7. The normalized spacial score (nSPS) is 10.4. The number of aryl methyl sites for hydroxylation is 2. The molecule has 8 heteroatoms. The van der Waals surface area contributed by atoms with Crippen molar-refractivity contribution in [1.29, 1.82) is 0 Å². The van der Waals surface area contributed by atoms with E-state index in [0.717, 1.165) is 5.69 Å². The summed E-state index contributed by atoms with van der Waals surface area (Å²) in [4.78, 5) is 15.4. The van der Waals surface area contributed by atoms with Gasteiger partial charge in [-0.1, -0.05) is 0 Å². The largest absolute Gasteiger partial charge is 0.366 e. The van der Waals surface area contributed by atoms with E-state index in [-0.39, 0.29) is 11.8 Å². The number of H-pyrrole nitrogens is 1. The first kappa shape index (κ1) is 10.1. The summed E-state index contributed by atoms with van der Waals surface area (Å²) in [6, 6.07) is 0. The van der Waals surface area contributed by atoms with Crippen LogP contribution in [0.5, 0.6) is 0 Å². The van der Waals surface area contributed by atoms with Crippen molar-refractivity contribution in [3.8, 4) is 0 Å². The molecule has 0 saturated carbocycles. The highest BCUT2D eigenvalue weighted by molar-refractivity contribution is 6.01. The van der Waals surface area contributed by atoms with Crippen LogP contribution in [0, 0.1) is 6.92 Å². The maximum Gasteiger partial charge on any atom is 0.293 e. The molecule has 84 valence electrons. The van der Waals surface area contributed by atoms with Crippen LogP contribution in [0.3, 0.4) is 0 Å². The van der Waals surface area contributed by atoms with Gasteiger partial charge in [0.1, 0.15) is 0 Å². The summed E-state index contributed by atoms with van der Waals surface area (Å²) in [5.41, 5.74) is 6.65. The van der Waals surface area contributed by atoms with Crippen LogP contribution in [0.25, 0.3) is 0 Å². The average Bonchev–Trinajstić information content (AvgIpc) is 2.74. The van der Waals surface area contributed by atoms with Crippen LogP contribution >= 0.6 is 0 Å². The van der Waals surface area contributed by atoms with Gasteiger partial charge in [-0.2, -0.15) is 10.1 Å². The lowest BCUT2D eigenvalue weighted by molar-refractivity contribution is 0.101. The van der Waals surface area contributed by atoms with Crippen LogP contribution < -0.4 is 11.1 Å². The van der Waals surface area contributed by atoms with Gasteiger partial charge in [-0.05, 0) is 6.92 Å². The molecule has 1 amide bonds. The minimum Gasteiger partial charge on any atom is -0.366 e. The third-order valence-corrected chi connectivity index (χ3v) is 1.98. The molecule has 4 N–H and O–H groups in total. The second-order valence-corrected chi connectivity index (χ2v) is 3.30. The second kappa shape index (κ2) is 3.65. The number of hydrogen-bond donors (Lipinski definition) is 3. The molecule has 0 fully saturated rings. The molecular weight excluding hydrogens is 210 g/mol. The van der Waals surface area contributed by atoms with Crippen molar-refractivity contribution >= 4 is 17.5 Å². The molecule has 8 nitrogen and oxygen atoms in total. The van der Waals surface area contributed by atoms with Crippen LogP contribution in [-0.2, 0) is 7.05 Å². The lowest BCUT2D eigenvalue weighted by atomic mass is 10.4. The highest BCUT2D eigenvalue weighted by Crippen LogP contribution is 2.12. The molecule has 2 aromatic rings. The Hall–Kier alpha value is -2.38. The molecular formula is C8H11N7O. The predicted molar refractivity (Wildman–Crippen MR) is 56.7 cm³/mol. The highest BCUT2D eigenvalue weighted by atomic mass is 16.2. The van der Waals surface area contributed by atoms with Gasteiger partial charge in [-0.25, -0.2) is 0 Å². The number of aromatic nitrogens is 5. The number of nitrogens with two attached hydrogens (primary N) is 1. The maximum atomic E-state index is 11.7. The quantitative estimate of drug-likeness (QED) is 0.643. The van der Waals surface area contributed by atoms with Gasteiger partial charge in [-0.3, -0.25) is 14.6 Å². The van der Waals surface area contributed by atoms with Crippen molar-refractivity contribution in [2.45, 2.75) is 6.92 Å². The topological polar surface area (TPSA) is 115 Å². The van der Waals surface area contributed by atoms with Gasteiger partial charge < -0.3 is 11.1 Å². The van der Waals surface area contributed by atoms with Gasteiger partial charge in [0.2, 0.25) is 11.8 Å². The number of nitrogens with zero attached hydrogens (tertiary/aromatic N) is 4. The van der Waals surface area contributed by atoms with Crippen molar-refractivity contribution in [2.24, 2.45) is 7.05 Å². The standard InChI is InChI=1S/C8H11N7O/c1-4-5(3-15(2)14-4)10-7(16)6-11-8(9)13-12-6/h3H,1-2H3,(H,10,16)(H3,9,11,12,13). The number of carbonyl (C=O) groups excluding carboxylic acids is 1. The smallest absolute Gasteiger partial charge is 0.293 e. The van der Waals surface area contributed by atoms with E-state index in [1.54, 1.807) is 24.9 Å². The molecule has 0 saturated heterocycles. The first-order valence-electron chi connectivity index (χ1n) is 4.55. The number of nitrogen functional groups attached to an aromatic ring is 1. The summed E-state index contributed by atoms with van der Waals surface area (Å²) in [6.45, 7) is 1.80. The number of anilines is 2. The van der Waals surface area contributed by atoms with E-state index in [2.05, 4.69) is 25.6 Å². The van der Waals surface area contributed by atoms with Crippen molar-refractivity contribution in [1.82, 2.24) is 25.0 Å². The molecule has 0 atom stereocenters. The summed E-state index contributed by atoms with van der Waals surface area (Å²) >= 11 is 0. The fourth-order valence-electron chi connectivity index (χ4n) is 1.28. The summed E-state index contributed by atoms with van der Waals surface area (Å²) in [5, 5.41) is 12.7. The molecule has 0 radical (unpaired) electrons. The Labute approximate surface area is 90.9 Å². The summed E-state index contributed by atoms with van der Waals surface area (Å²) < 4.78 is 1.61. The molecule has 0 aliphatic heterocycles. The predicted octanol–water partition coefficient (Wildman–Crippen LogP) is -0.319. The van der Waals surface area contributed by atoms with Gasteiger partial charge in [0.25, 0.3) is 5.91 Å². The van der Waals surface area contributed by atoms with Crippen molar-refractivity contribution < 1.29 is 4.79 Å². The number of aromatic amines is 1. The number of amides is 1. The molecule has 0 aliphatic carbocycles. The van der Waals surface area contributed by atoms with Crippen LogP contribution in [0.1, 0.15) is 16.3 Å². The average molecular weight is 221 g/mol. The third-order valence-electron chi connectivity index (χ3n) is 1.98. The number of hydrogen-bond acceptors (Lipinski definition) is 5. The number of rotatable bonds is 2. The minimum absolute atomic E-state index is 0.0352. The van der Waals surface area contributed by atoms with E-state index >= 15 is 0 Å². The Morgan fingerprint density at radius 2 is 2.38 bits per heavy atom. The Morgan fingerprint density at radius 3 is 2.88 bits per heavy atom. The number of carbonyl (C=O) groups is 1. The van der Waals surface area contributed by atoms with E-state index in [4.69, 9.17) is 5.73 Å². The van der Waals surface area contributed by atoms with Crippen molar-refractivity contribution in [3.05, 3.63) is 17.7 Å². The molecule has 2 rings (SSSR count). The van der Waals surface area contributed by atoms with Crippen LogP contribution in [-0.4, -0.2) is 30.9 Å². The molecule has 0 unspecified atom stereocenters. The molecule has 0 spiro atoms. The number of nitrogens with one attached hydrogen (secondary N) is 2. The zero-order valence-corrected chi connectivity index (χ0v) is 8.85. The van der Waals surface area contributed by atoms with E-state index < -0.39 is 5.91 Å². The monoisotopic (exact) mass is 221 g/mol. The van der Waals surface area contributed by atoms with E-state index in [9.17, 15) is 4.79 Å². The Bertz CT molecular complexity index is 526. The highest BCUT2D eigenvalue weighted by Gasteiger charge is 2.13. The van der Waals surface area contributed by atoms with Crippen molar-refractivity contribution in [3.63, 3.8) is 0 Å². The van der Waals surface area contributed by atoms with E-state index in [0.29, 0.717) is 5.69 Å². The fraction of sp³-hybridized carbons (Fsp3) is 0.250. The van der Waals surface area contributed by atoms with E-state index in [1.165, 1.54) is 0 Å². The zero-order valence-electron chi connectivity index (χ0n) is 8.85. The molecule has 2 heterocycles. The Balaban J connectivity index is 2.16. The lowest BCUT2D eigenvalue weighted by Gasteiger charge is -1.99. The summed E-state index contributed by atoms with van der Waals surface area (Å²) in [7, 11) is 1.77. The Kier molecular flexibility index (Phi) is 2.31. The maximum absolute atomic E-state index is 11.7. The van der Waals surface area contributed by atoms with Gasteiger partial charge in [0.15, 0.2) is 0 Å². The summed E-state index contributed by atoms with van der Waals surface area (Å²) in [6.07, 6.45) is 1.70. The lowest BCUT2D eigenvalue weighted by Crippen LogP contribution is -2.14. The minimum atomic E-state index is -0.402. The molecule has 0 bridgehead atoms. The molecule has 2 aromatic heterocycles. The second-order valence-electron chi connectivity index (χ2n) is 3.30. The fourth-order valence-corrected chi connectivity index (χ4v) is 1.28. The SMILES string of the molecule is Cc1nn(C)cc1NC(=O)c1nc(N)n[nH]1. The first-order chi connectivity index (χ1) is 7.56. The molecule has 16 heavy (non-hydrogen) atoms. The van der Waals surface area contributed by atoms with Gasteiger partial charge in [0, 0.05) is 13.2 Å². The van der Waals surface area contributed by atoms with Crippen molar-refractivity contribution in [2.75, 3.05) is 11.1 Å². The first-order valence-corrected chi connectivity index (χ1v) is 4.55. The van der Waals surface area contributed by atoms with Gasteiger partial charge in [-0.15, -0.1) is 5.10 Å².